The van der Waals surface area contributed by atoms with Gasteiger partial charge in [0, 0.05) is 37.1 Å². The lowest BCUT2D eigenvalue weighted by Gasteiger charge is -2.06. The molecular weight excluding hydrogens is 312 g/mol. The van der Waals surface area contributed by atoms with Gasteiger partial charge >= 0.3 is 0 Å². The van der Waals surface area contributed by atoms with Crippen LogP contribution < -0.4 is 5.32 Å². The number of pyridine rings is 1. The summed E-state index contributed by atoms with van der Waals surface area (Å²) in [4.78, 5) is 15.9. The van der Waals surface area contributed by atoms with Crippen molar-refractivity contribution in [1.82, 2.24) is 20.1 Å². The maximum absolute atomic E-state index is 11.9. The third-order valence-electron chi connectivity index (χ3n) is 3.99. The van der Waals surface area contributed by atoms with Crippen LogP contribution in [0.25, 0.3) is 11.3 Å². The standard InChI is InChI=1S/C20H22N4O/c25-20(8-4-7-17-5-2-1-3-6-17)22-14-16-24-15-11-19(23-24)18-9-12-21-13-10-18/h1-3,5-6,9-13,15H,4,7-8,14,16H2,(H,22,25). The zero-order valence-corrected chi connectivity index (χ0v) is 14.1. The quantitative estimate of drug-likeness (QED) is 0.689. The second-order valence-corrected chi connectivity index (χ2v) is 5.89. The van der Waals surface area contributed by atoms with E-state index >= 15 is 0 Å². The lowest BCUT2D eigenvalue weighted by Crippen LogP contribution is -2.27. The lowest BCUT2D eigenvalue weighted by molar-refractivity contribution is -0.121. The molecule has 0 fully saturated rings. The Kier molecular flexibility index (Phi) is 5.93. The highest BCUT2D eigenvalue weighted by Gasteiger charge is 2.04. The van der Waals surface area contributed by atoms with Gasteiger partial charge in [0.15, 0.2) is 0 Å². The molecule has 3 aromatic rings. The van der Waals surface area contributed by atoms with Crippen molar-refractivity contribution in [1.29, 1.82) is 0 Å². The molecule has 5 heteroatoms. The maximum Gasteiger partial charge on any atom is 0.220 e. The van der Waals surface area contributed by atoms with E-state index in [0.717, 1.165) is 24.1 Å². The summed E-state index contributed by atoms with van der Waals surface area (Å²) >= 11 is 0. The number of benzene rings is 1. The molecule has 5 nitrogen and oxygen atoms in total. The largest absolute Gasteiger partial charge is 0.354 e. The van der Waals surface area contributed by atoms with Crippen molar-refractivity contribution in [2.24, 2.45) is 0 Å². The number of aromatic nitrogens is 3. The Bertz CT molecular complexity index is 784. The molecule has 1 amide bonds. The molecule has 0 radical (unpaired) electrons. The Hall–Kier alpha value is -2.95. The van der Waals surface area contributed by atoms with E-state index < -0.39 is 0 Å². The molecular formula is C20H22N4O. The van der Waals surface area contributed by atoms with Gasteiger partial charge in [0.1, 0.15) is 0 Å². The van der Waals surface area contributed by atoms with E-state index in [1.54, 1.807) is 12.4 Å². The van der Waals surface area contributed by atoms with Crippen molar-refractivity contribution in [3.05, 3.63) is 72.7 Å². The number of nitrogens with zero attached hydrogens (tertiary/aromatic N) is 3. The summed E-state index contributed by atoms with van der Waals surface area (Å²) in [5.74, 6) is 0.0949. The van der Waals surface area contributed by atoms with Crippen LogP contribution in [0.15, 0.2) is 67.1 Å². The second-order valence-electron chi connectivity index (χ2n) is 5.89. The van der Waals surface area contributed by atoms with Crippen LogP contribution in [0.3, 0.4) is 0 Å². The Morgan fingerprint density at radius 2 is 1.84 bits per heavy atom. The maximum atomic E-state index is 11.9. The number of aryl methyl sites for hydroxylation is 1. The van der Waals surface area contributed by atoms with Gasteiger partial charge in [0.25, 0.3) is 0 Å². The van der Waals surface area contributed by atoms with Gasteiger partial charge < -0.3 is 5.32 Å². The van der Waals surface area contributed by atoms with Crippen LogP contribution in [0.4, 0.5) is 0 Å². The summed E-state index contributed by atoms with van der Waals surface area (Å²) in [6, 6.07) is 16.1. The van der Waals surface area contributed by atoms with E-state index in [1.165, 1.54) is 5.56 Å². The molecule has 0 saturated carbocycles. The molecule has 25 heavy (non-hydrogen) atoms. The first-order chi connectivity index (χ1) is 12.3. The molecule has 0 aliphatic heterocycles. The number of hydrogen-bond donors (Lipinski definition) is 1. The molecule has 0 aliphatic rings. The number of carbonyl (C=O) groups excluding carboxylic acids is 1. The van der Waals surface area contributed by atoms with Gasteiger partial charge in [-0.15, -0.1) is 0 Å². The van der Waals surface area contributed by atoms with E-state index in [0.29, 0.717) is 19.5 Å². The molecule has 128 valence electrons. The van der Waals surface area contributed by atoms with Crippen molar-refractivity contribution >= 4 is 5.91 Å². The van der Waals surface area contributed by atoms with Crippen LogP contribution in [0.1, 0.15) is 18.4 Å². The summed E-state index contributed by atoms with van der Waals surface area (Å²) in [5.41, 5.74) is 3.23. The topological polar surface area (TPSA) is 59.8 Å². The molecule has 1 aromatic carbocycles. The number of amides is 1. The molecule has 0 bridgehead atoms. The van der Waals surface area contributed by atoms with Crippen LogP contribution in [0.5, 0.6) is 0 Å². The van der Waals surface area contributed by atoms with E-state index in [9.17, 15) is 4.79 Å². The van der Waals surface area contributed by atoms with Crippen LogP contribution in [0.2, 0.25) is 0 Å². The second kappa shape index (κ2) is 8.78. The first-order valence-electron chi connectivity index (χ1n) is 8.56. The Balaban J connectivity index is 1.36. The number of rotatable bonds is 8. The summed E-state index contributed by atoms with van der Waals surface area (Å²) in [6.07, 6.45) is 7.79. The third-order valence-corrected chi connectivity index (χ3v) is 3.99. The zero-order chi connectivity index (χ0) is 17.3. The summed E-state index contributed by atoms with van der Waals surface area (Å²) in [7, 11) is 0. The first kappa shape index (κ1) is 16.9. The number of nitrogens with one attached hydrogen (secondary N) is 1. The van der Waals surface area contributed by atoms with Gasteiger partial charge in [0.05, 0.1) is 12.2 Å². The fourth-order valence-electron chi connectivity index (χ4n) is 2.66. The van der Waals surface area contributed by atoms with Crippen LogP contribution >= 0.6 is 0 Å². The van der Waals surface area contributed by atoms with Crippen LogP contribution in [-0.4, -0.2) is 27.2 Å². The van der Waals surface area contributed by atoms with Gasteiger partial charge in [-0.05, 0) is 36.6 Å². The highest BCUT2D eigenvalue weighted by Crippen LogP contribution is 2.14. The van der Waals surface area contributed by atoms with Gasteiger partial charge in [-0.2, -0.15) is 5.10 Å². The van der Waals surface area contributed by atoms with Crippen molar-refractivity contribution in [2.75, 3.05) is 6.54 Å². The molecule has 0 atom stereocenters. The first-order valence-corrected chi connectivity index (χ1v) is 8.56. The minimum absolute atomic E-state index is 0.0949. The highest BCUT2D eigenvalue weighted by molar-refractivity contribution is 5.75. The third kappa shape index (κ3) is 5.28. The number of hydrogen-bond acceptors (Lipinski definition) is 3. The minimum atomic E-state index is 0.0949. The average molecular weight is 334 g/mol. The predicted molar refractivity (Wildman–Crippen MR) is 97.8 cm³/mol. The van der Waals surface area contributed by atoms with Crippen LogP contribution in [-0.2, 0) is 17.8 Å². The minimum Gasteiger partial charge on any atom is -0.354 e. The van der Waals surface area contributed by atoms with Crippen molar-refractivity contribution < 1.29 is 4.79 Å². The normalized spacial score (nSPS) is 10.6. The van der Waals surface area contributed by atoms with E-state index in [1.807, 2.05) is 47.3 Å². The fraction of sp³-hybridized carbons (Fsp3) is 0.250. The smallest absolute Gasteiger partial charge is 0.220 e. The Morgan fingerprint density at radius 1 is 1.04 bits per heavy atom. The molecule has 0 saturated heterocycles. The summed E-state index contributed by atoms with van der Waals surface area (Å²) < 4.78 is 1.85. The number of carbonyl (C=O) groups is 1. The molecule has 2 heterocycles. The van der Waals surface area contributed by atoms with Gasteiger partial charge in [-0.1, -0.05) is 30.3 Å². The molecule has 2 aromatic heterocycles. The molecule has 0 unspecified atom stereocenters. The van der Waals surface area contributed by atoms with Gasteiger partial charge in [-0.25, -0.2) is 0 Å². The molecule has 3 rings (SSSR count). The summed E-state index contributed by atoms with van der Waals surface area (Å²) in [5, 5.41) is 7.47. The lowest BCUT2D eigenvalue weighted by atomic mass is 10.1. The molecule has 0 spiro atoms. The van der Waals surface area contributed by atoms with E-state index in [-0.39, 0.29) is 5.91 Å². The van der Waals surface area contributed by atoms with E-state index in [4.69, 9.17) is 0 Å². The summed E-state index contributed by atoms with van der Waals surface area (Å²) in [6.45, 7) is 1.25. The molecule has 0 aliphatic carbocycles. The zero-order valence-electron chi connectivity index (χ0n) is 14.1. The predicted octanol–water partition coefficient (Wildman–Crippen LogP) is 3.08. The van der Waals surface area contributed by atoms with Crippen molar-refractivity contribution in [2.45, 2.75) is 25.8 Å². The van der Waals surface area contributed by atoms with Gasteiger partial charge in [0.2, 0.25) is 5.91 Å². The van der Waals surface area contributed by atoms with Crippen LogP contribution in [0, 0.1) is 0 Å². The Labute approximate surface area is 147 Å². The van der Waals surface area contributed by atoms with Crippen molar-refractivity contribution in [3.63, 3.8) is 0 Å². The fourth-order valence-corrected chi connectivity index (χ4v) is 2.66. The Morgan fingerprint density at radius 3 is 2.64 bits per heavy atom. The highest BCUT2D eigenvalue weighted by atomic mass is 16.1. The average Bonchev–Trinajstić information content (AvgIpc) is 3.12. The van der Waals surface area contributed by atoms with E-state index in [2.05, 4.69) is 27.5 Å². The SMILES string of the molecule is O=C(CCCc1ccccc1)NCCn1ccc(-c2ccncc2)n1. The van der Waals surface area contributed by atoms with Gasteiger partial charge in [-0.3, -0.25) is 14.5 Å². The monoisotopic (exact) mass is 334 g/mol. The van der Waals surface area contributed by atoms with Crippen molar-refractivity contribution in [3.8, 4) is 11.3 Å². The molecule has 1 N–H and O–H groups in total.